The number of imide groups is 1. The van der Waals surface area contributed by atoms with Crippen LogP contribution in [0.3, 0.4) is 0 Å². The maximum atomic E-state index is 10.9. The zero-order valence-electron chi connectivity index (χ0n) is 7.15. The summed E-state index contributed by atoms with van der Waals surface area (Å²) in [6, 6.07) is 7.67. The molecule has 0 aliphatic carbocycles. The topological polar surface area (TPSA) is 82.0 Å². The molecule has 70 valence electrons. The largest absolute Gasteiger partial charge is 0.325 e. The van der Waals surface area contributed by atoms with Gasteiger partial charge in [0.1, 0.15) is 0 Å². The standard InChI is InChI=1S/C9H7N3O2/c10-5-7-2-1-3-8(4-7)12-9(14)11-6-13/h1-4,6H,(H2,11,12,13,14). The van der Waals surface area contributed by atoms with Gasteiger partial charge < -0.3 is 5.32 Å². The first kappa shape index (κ1) is 9.74. The van der Waals surface area contributed by atoms with Crippen molar-refractivity contribution in [1.82, 2.24) is 5.32 Å². The van der Waals surface area contributed by atoms with E-state index in [-0.39, 0.29) is 6.41 Å². The van der Waals surface area contributed by atoms with Gasteiger partial charge in [-0.25, -0.2) is 4.79 Å². The maximum absolute atomic E-state index is 10.9. The molecule has 0 saturated heterocycles. The highest BCUT2D eigenvalue weighted by Gasteiger charge is 1.99. The average molecular weight is 189 g/mol. The normalized spacial score (nSPS) is 8.50. The van der Waals surface area contributed by atoms with Crippen LogP contribution in [0.1, 0.15) is 5.56 Å². The predicted molar refractivity (Wildman–Crippen MR) is 49.4 cm³/mol. The molecule has 0 bridgehead atoms. The van der Waals surface area contributed by atoms with Crippen molar-refractivity contribution < 1.29 is 9.59 Å². The van der Waals surface area contributed by atoms with Crippen LogP contribution in [-0.2, 0) is 4.79 Å². The summed E-state index contributed by atoms with van der Waals surface area (Å²) in [6.45, 7) is 0. The van der Waals surface area contributed by atoms with Crippen molar-refractivity contribution in [3.05, 3.63) is 29.8 Å². The van der Waals surface area contributed by atoms with Crippen LogP contribution in [0.5, 0.6) is 0 Å². The van der Waals surface area contributed by atoms with E-state index < -0.39 is 6.03 Å². The molecule has 0 aliphatic heterocycles. The second kappa shape index (κ2) is 4.62. The van der Waals surface area contributed by atoms with Gasteiger partial charge in [0.15, 0.2) is 0 Å². The number of nitriles is 1. The third-order valence-electron chi connectivity index (χ3n) is 1.44. The van der Waals surface area contributed by atoms with Crippen LogP contribution in [0.25, 0.3) is 0 Å². The van der Waals surface area contributed by atoms with E-state index in [1.165, 1.54) is 6.07 Å². The number of hydrogen-bond acceptors (Lipinski definition) is 3. The van der Waals surface area contributed by atoms with Crippen LogP contribution in [0.4, 0.5) is 10.5 Å². The molecule has 5 nitrogen and oxygen atoms in total. The highest BCUT2D eigenvalue weighted by Crippen LogP contribution is 2.08. The van der Waals surface area contributed by atoms with Crippen LogP contribution < -0.4 is 10.6 Å². The maximum Gasteiger partial charge on any atom is 0.325 e. The predicted octanol–water partition coefficient (Wildman–Crippen LogP) is 0.836. The Morgan fingerprint density at radius 1 is 1.50 bits per heavy atom. The molecule has 5 heteroatoms. The summed E-state index contributed by atoms with van der Waals surface area (Å²) >= 11 is 0. The van der Waals surface area contributed by atoms with Crippen molar-refractivity contribution in [3.63, 3.8) is 0 Å². The van der Waals surface area contributed by atoms with Crippen LogP contribution in [0.2, 0.25) is 0 Å². The molecule has 0 fully saturated rings. The van der Waals surface area contributed by atoms with Crippen molar-refractivity contribution >= 4 is 18.1 Å². The number of rotatable bonds is 2. The van der Waals surface area contributed by atoms with Gasteiger partial charge in [-0.05, 0) is 18.2 Å². The fraction of sp³-hybridized carbons (Fsp3) is 0. The molecular formula is C9H7N3O2. The first-order valence-corrected chi connectivity index (χ1v) is 3.77. The van der Waals surface area contributed by atoms with Crippen molar-refractivity contribution in [3.8, 4) is 6.07 Å². The first-order chi connectivity index (χ1) is 6.76. The minimum Gasteiger partial charge on any atom is -0.308 e. The number of carbonyl (C=O) groups is 2. The molecular weight excluding hydrogens is 182 g/mol. The Labute approximate surface area is 80.3 Å². The molecule has 0 spiro atoms. The number of hydrogen-bond donors (Lipinski definition) is 2. The first-order valence-electron chi connectivity index (χ1n) is 3.77. The van der Waals surface area contributed by atoms with Gasteiger partial charge in [0.25, 0.3) is 0 Å². The minimum absolute atomic E-state index is 0.281. The Bertz CT molecular complexity index is 395. The van der Waals surface area contributed by atoms with E-state index in [0.29, 0.717) is 11.3 Å². The molecule has 1 aromatic rings. The number of urea groups is 1. The molecule has 0 atom stereocenters. The fourth-order valence-electron chi connectivity index (χ4n) is 0.887. The molecule has 0 radical (unpaired) electrons. The van der Waals surface area contributed by atoms with Crippen LogP contribution in [0, 0.1) is 11.3 Å². The van der Waals surface area contributed by atoms with Crippen molar-refractivity contribution in [2.75, 3.05) is 5.32 Å². The summed E-state index contributed by atoms with van der Waals surface area (Å²) in [5.74, 6) is 0. The summed E-state index contributed by atoms with van der Waals surface area (Å²) in [6.07, 6.45) is 0.281. The number of nitrogens with zero attached hydrogens (tertiary/aromatic N) is 1. The summed E-state index contributed by atoms with van der Waals surface area (Å²) in [4.78, 5) is 20.8. The second-order valence-electron chi connectivity index (χ2n) is 2.41. The third kappa shape index (κ3) is 2.60. The van der Waals surface area contributed by atoms with Crippen LogP contribution in [-0.4, -0.2) is 12.4 Å². The molecule has 0 saturated carbocycles. The monoisotopic (exact) mass is 189 g/mol. The van der Waals surface area contributed by atoms with Crippen LogP contribution in [0.15, 0.2) is 24.3 Å². The number of carbonyl (C=O) groups excluding carboxylic acids is 2. The highest BCUT2D eigenvalue weighted by molar-refractivity contribution is 5.95. The molecule has 2 N–H and O–H groups in total. The van der Waals surface area contributed by atoms with Gasteiger partial charge >= 0.3 is 6.03 Å². The van der Waals surface area contributed by atoms with E-state index in [0.717, 1.165) is 0 Å². The van der Waals surface area contributed by atoms with Gasteiger partial charge in [0.2, 0.25) is 6.41 Å². The van der Waals surface area contributed by atoms with Gasteiger partial charge in [0.05, 0.1) is 11.6 Å². The van der Waals surface area contributed by atoms with E-state index in [2.05, 4.69) is 5.32 Å². The average Bonchev–Trinajstić information content (AvgIpc) is 2.18. The summed E-state index contributed by atoms with van der Waals surface area (Å²) < 4.78 is 0. The number of nitrogens with one attached hydrogen (secondary N) is 2. The van der Waals surface area contributed by atoms with Crippen molar-refractivity contribution in [2.24, 2.45) is 0 Å². The molecule has 0 unspecified atom stereocenters. The lowest BCUT2D eigenvalue weighted by molar-refractivity contribution is -0.108. The zero-order chi connectivity index (χ0) is 10.4. The Balaban J connectivity index is 2.72. The number of anilines is 1. The molecule has 0 aliphatic rings. The van der Waals surface area contributed by atoms with E-state index in [1.807, 2.05) is 11.4 Å². The van der Waals surface area contributed by atoms with Gasteiger partial charge in [-0.15, -0.1) is 0 Å². The number of benzene rings is 1. The van der Waals surface area contributed by atoms with Gasteiger partial charge in [0, 0.05) is 5.69 Å². The fourth-order valence-corrected chi connectivity index (χ4v) is 0.887. The van der Waals surface area contributed by atoms with E-state index in [9.17, 15) is 9.59 Å². The lowest BCUT2D eigenvalue weighted by Gasteiger charge is -2.02. The van der Waals surface area contributed by atoms with E-state index in [4.69, 9.17) is 5.26 Å². The smallest absolute Gasteiger partial charge is 0.308 e. The molecule has 0 heterocycles. The molecule has 0 aromatic heterocycles. The Morgan fingerprint density at radius 3 is 2.93 bits per heavy atom. The second-order valence-corrected chi connectivity index (χ2v) is 2.41. The SMILES string of the molecule is N#Cc1cccc(NC(=O)NC=O)c1. The van der Waals surface area contributed by atoms with E-state index in [1.54, 1.807) is 18.2 Å². The Kier molecular flexibility index (Phi) is 3.21. The number of amides is 3. The van der Waals surface area contributed by atoms with Gasteiger partial charge in [-0.1, -0.05) is 6.07 Å². The highest BCUT2D eigenvalue weighted by atomic mass is 16.2. The lowest BCUT2D eigenvalue weighted by atomic mass is 10.2. The molecule has 14 heavy (non-hydrogen) atoms. The van der Waals surface area contributed by atoms with Crippen molar-refractivity contribution in [1.29, 1.82) is 5.26 Å². The minimum atomic E-state index is -0.630. The molecule has 1 aromatic carbocycles. The van der Waals surface area contributed by atoms with Crippen LogP contribution >= 0.6 is 0 Å². The van der Waals surface area contributed by atoms with E-state index >= 15 is 0 Å². The molecule has 3 amide bonds. The summed E-state index contributed by atoms with van der Waals surface area (Å²) in [5.41, 5.74) is 0.900. The molecule has 1 rings (SSSR count). The van der Waals surface area contributed by atoms with Gasteiger partial charge in [-0.2, -0.15) is 5.26 Å². The third-order valence-corrected chi connectivity index (χ3v) is 1.44. The summed E-state index contributed by atoms with van der Waals surface area (Å²) in [5, 5.41) is 12.9. The lowest BCUT2D eigenvalue weighted by Crippen LogP contribution is -2.27. The quantitative estimate of drug-likeness (QED) is 0.676. The zero-order valence-corrected chi connectivity index (χ0v) is 7.15. The van der Waals surface area contributed by atoms with Crippen molar-refractivity contribution in [2.45, 2.75) is 0 Å². The van der Waals surface area contributed by atoms with Gasteiger partial charge in [-0.3, -0.25) is 10.1 Å². The Hall–Kier alpha value is -2.35. The summed E-state index contributed by atoms with van der Waals surface area (Å²) in [7, 11) is 0. The Morgan fingerprint density at radius 2 is 2.29 bits per heavy atom.